The number of methoxy groups -OCH3 is 1. The molecule has 0 aliphatic rings. The number of ether oxygens (including phenoxy) is 2. The monoisotopic (exact) mass is 384 g/mol. The van der Waals surface area contributed by atoms with Crippen LogP contribution in [0.5, 0.6) is 11.5 Å². The molecule has 0 saturated heterocycles. The summed E-state index contributed by atoms with van der Waals surface area (Å²) in [5.41, 5.74) is 0. The highest BCUT2D eigenvalue weighted by Crippen LogP contribution is 2.39. The summed E-state index contributed by atoms with van der Waals surface area (Å²) >= 11 is 9.96. The molecule has 0 N–H and O–H groups in total. The first-order valence-electron chi connectivity index (χ1n) is 7.69. The maximum atomic E-state index is 6.30. The van der Waals surface area contributed by atoms with Gasteiger partial charge in [0.1, 0.15) is 11.5 Å². The first kappa shape index (κ1) is 17.4. The summed E-state index contributed by atoms with van der Waals surface area (Å²) in [5, 5.41) is 2.61. The number of unbranched alkanes of at least 4 members (excludes halogenated alkanes) is 1. The molecular weight excluding hydrogens is 364 g/mol. The SMILES string of the molecule is CCC(Br)CCCCOc1cc(Cl)c(OC)c2ccccc12. The fraction of sp³-hybridized carbons (Fsp3) is 0.444. The van der Waals surface area contributed by atoms with Crippen LogP contribution in [0.25, 0.3) is 10.8 Å². The minimum Gasteiger partial charge on any atom is -0.495 e. The van der Waals surface area contributed by atoms with Gasteiger partial charge in [0.15, 0.2) is 0 Å². The van der Waals surface area contributed by atoms with Gasteiger partial charge in [-0.2, -0.15) is 0 Å². The number of alkyl halides is 1. The minimum absolute atomic E-state index is 0.586. The quantitative estimate of drug-likeness (QED) is 0.396. The lowest BCUT2D eigenvalue weighted by Crippen LogP contribution is -2.01. The largest absolute Gasteiger partial charge is 0.495 e. The fourth-order valence-corrected chi connectivity index (χ4v) is 3.07. The van der Waals surface area contributed by atoms with E-state index in [1.165, 1.54) is 12.8 Å². The third kappa shape index (κ3) is 4.30. The first-order valence-corrected chi connectivity index (χ1v) is 8.98. The van der Waals surface area contributed by atoms with Crippen molar-refractivity contribution in [2.75, 3.05) is 13.7 Å². The summed E-state index contributed by atoms with van der Waals surface area (Å²) in [7, 11) is 1.64. The number of hydrogen-bond acceptors (Lipinski definition) is 2. The molecule has 0 spiro atoms. The standard InChI is InChI=1S/C18H22BrClO2/c1-3-13(19)8-6-7-11-22-17-12-16(20)18(21-2)15-10-5-4-9-14(15)17/h4-5,9-10,12-13H,3,6-8,11H2,1-2H3. The maximum Gasteiger partial charge on any atom is 0.145 e. The molecule has 0 bridgehead atoms. The van der Waals surface area contributed by atoms with Gasteiger partial charge < -0.3 is 9.47 Å². The number of rotatable bonds is 8. The predicted molar refractivity (Wildman–Crippen MR) is 97.9 cm³/mol. The molecule has 0 aliphatic heterocycles. The second-order valence-electron chi connectivity index (χ2n) is 5.29. The van der Waals surface area contributed by atoms with E-state index < -0.39 is 0 Å². The lowest BCUT2D eigenvalue weighted by atomic mass is 10.1. The lowest BCUT2D eigenvalue weighted by molar-refractivity contribution is 0.308. The molecule has 1 unspecified atom stereocenters. The zero-order valence-electron chi connectivity index (χ0n) is 13.1. The Bertz CT molecular complexity index is 615. The second kappa shape index (κ2) is 8.64. The van der Waals surface area contributed by atoms with Crippen molar-refractivity contribution in [3.8, 4) is 11.5 Å². The zero-order chi connectivity index (χ0) is 15.9. The van der Waals surface area contributed by atoms with Gasteiger partial charge in [0.05, 0.1) is 18.7 Å². The summed E-state index contributed by atoms with van der Waals surface area (Å²) in [6.45, 7) is 2.90. The summed E-state index contributed by atoms with van der Waals surface area (Å²) in [6.07, 6.45) is 4.55. The highest BCUT2D eigenvalue weighted by atomic mass is 79.9. The van der Waals surface area contributed by atoms with Crippen LogP contribution in [0.4, 0.5) is 0 Å². The van der Waals surface area contributed by atoms with Crippen LogP contribution in [0.1, 0.15) is 32.6 Å². The Balaban J connectivity index is 2.05. The van der Waals surface area contributed by atoms with E-state index in [4.69, 9.17) is 21.1 Å². The number of benzene rings is 2. The molecule has 0 radical (unpaired) electrons. The molecular formula is C18H22BrClO2. The number of halogens is 2. The van der Waals surface area contributed by atoms with Crippen LogP contribution in [0.2, 0.25) is 5.02 Å². The molecule has 2 aromatic rings. The minimum atomic E-state index is 0.586. The highest BCUT2D eigenvalue weighted by Gasteiger charge is 2.12. The average molecular weight is 386 g/mol. The van der Waals surface area contributed by atoms with E-state index in [1.54, 1.807) is 7.11 Å². The van der Waals surface area contributed by atoms with Crippen molar-refractivity contribution in [3.05, 3.63) is 35.4 Å². The molecule has 0 aromatic heterocycles. The lowest BCUT2D eigenvalue weighted by Gasteiger charge is -2.14. The Morgan fingerprint density at radius 3 is 2.59 bits per heavy atom. The van der Waals surface area contributed by atoms with Gasteiger partial charge in [-0.3, -0.25) is 0 Å². The van der Waals surface area contributed by atoms with E-state index in [-0.39, 0.29) is 0 Å². The third-order valence-corrected chi connectivity index (χ3v) is 5.11. The van der Waals surface area contributed by atoms with Crippen molar-refractivity contribution in [1.29, 1.82) is 0 Å². The fourth-order valence-electron chi connectivity index (χ4n) is 2.46. The molecule has 4 heteroatoms. The van der Waals surface area contributed by atoms with Gasteiger partial charge >= 0.3 is 0 Å². The van der Waals surface area contributed by atoms with Crippen molar-refractivity contribution in [2.45, 2.75) is 37.4 Å². The molecule has 0 amide bonds. The van der Waals surface area contributed by atoms with Crippen molar-refractivity contribution in [3.63, 3.8) is 0 Å². The molecule has 120 valence electrons. The van der Waals surface area contributed by atoms with Crippen LogP contribution in [-0.4, -0.2) is 18.5 Å². The van der Waals surface area contributed by atoms with Gasteiger partial charge in [0.25, 0.3) is 0 Å². The van der Waals surface area contributed by atoms with Gasteiger partial charge in [-0.1, -0.05) is 58.7 Å². The van der Waals surface area contributed by atoms with Gasteiger partial charge in [-0.05, 0) is 25.7 Å². The van der Waals surface area contributed by atoms with Crippen molar-refractivity contribution >= 4 is 38.3 Å². The second-order valence-corrected chi connectivity index (χ2v) is 6.99. The van der Waals surface area contributed by atoms with Crippen molar-refractivity contribution in [2.24, 2.45) is 0 Å². The molecule has 0 fully saturated rings. The number of hydrogen-bond donors (Lipinski definition) is 0. The maximum absolute atomic E-state index is 6.30. The molecule has 1 atom stereocenters. The zero-order valence-corrected chi connectivity index (χ0v) is 15.4. The van der Waals surface area contributed by atoms with E-state index >= 15 is 0 Å². The predicted octanol–water partition coefficient (Wildman–Crippen LogP) is 6.22. The summed E-state index contributed by atoms with van der Waals surface area (Å²) < 4.78 is 11.4. The van der Waals surface area contributed by atoms with Gasteiger partial charge in [-0.25, -0.2) is 0 Å². The van der Waals surface area contributed by atoms with E-state index in [9.17, 15) is 0 Å². The molecule has 2 nitrogen and oxygen atoms in total. The molecule has 2 aromatic carbocycles. The topological polar surface area (TPSA) is 18.5 Å². The van der Waals surface area contributed by atoms with E-state index in [1.807, 2.05) is 30.3 Å². The van der Waals surface area contributed by atoms with Gasteiger partial charge in [-0.15, -0.1) is 0 Å². The van der Waals surface area contributed by atoms with Crippen LogP contribution in [0.3, 0.4) is 0 Å². The average Bonchev–Trinajstić information content (AvgIpc) is 2.54. The highest BCUT2D eigenvalue weighted by molar-refractivity contribution is 9.09. The smallest absolute Gasteiger partial charge is 0.145 e. The summed E-state index contributed by atoms with van der Waals surface area (Å²) in [6, 6.07) is 9.87. The summed E-state index contributed by atoms with van der Waals surface area (Å²) in [5.74, 6) is 1.53. The van der Waals surface area contributed by atoms with Gasteiger partial charge in [0, 0.05) is 21.7 Å². The van der Waals surface area contributed by atoms with Crippen LogP contribution in [0, 0.1) is 0 Å². The Labute approximate surface area is 145 Å². The molecule has 22 heavy (non-hydrogen) atoms. The van der Waals surface area contributed by atoms with Gasteiger partial charge in [0.2, 0.25) is 0 Å². The Kier molecular flexibility index (Phi) is 6.84. The van der Waals surface area contributed by atoms with E-state index in [0.29, 0.717) is 22.2 Å². The van der Waals surface area contributed by atoms with Crippen molar-refractivity contribution in [1.82, 2.24) is 0 Å². The molecule has 0 aliphatic carbocycles. The number of fused-ring (bicyclic) bond motifs is 1. The van der Waals surface area contributed by atoms with E-state index in [0.717, 1.165) is 29.4 Å². The van der Waals surface area contributed by atoms with Crippen molar-refractivity contribution < 1.29 is 9.47 Å². The van der Waals surface area contributed by atoms with E-state index in [2.05, 4.69) is 22.9 Å². The Hall–Kier alpha value is -0.930. The first-order chi connectivity index (χ1) is 10.7. The molecule has 0 saturated carbocycles. The van der Waals surface area contributed by atoms with Crippen LogP contribution in [-0.2, 0) is 0 Å². The molecule has 2 rings (SSSR count). The van der Waals surface area contributed by atoms with Crippen LogP contribution < -0.4 is 9.47 Å². The normalized spacial score (nSPS) is 12.4. The van der Waals surface area contributed by atoms with Crippen LogP contribution >= 0.6 is 27.5 Å². The molecule has 0 heterocycles. The Morgan fingerprint density at radius 2 is 1.91 bits per heavy atom. The third-order valence-electron chi connectivity index (χ3n) is 3.73. The van der Waals surface area contributed by atoms with Crippen LogP contribution in [0.15, 0.2) is 30.3 Å². The Morgan fingerprint density at radius 1 is 1.18 bits per heavy atom. The summed E-state index contributed by atoms with van der Waals surface area (Å²) in [4.78, 5) is 0.615.